The second kappa shape index (κ2) is 12.1. The maximum atomic E-state index is 13.7. The van der Waals surface area contributed by atoms with E-state index in [4.69, 9.17) is 9.47 Å². The van der Waals surface area contributed by atoms with E-state index < -0.39 is 18.1 Å². The van der Waals surface area contributed by atoms with Crippen LogP contribution >= 0.6 is 0 Å². The Bertz CT molecular complexity index is 1490. The molecule has 1 amide bonds. The third-order valence-corrected chi connectivity index (χ3v) is 6.92. The fourth-order valence-corrected chi connectivity index (χ4v) is 5.10. The minimum absolute atomic E-state index is 0.0169. The van der Waals surface area contributed by atoms with Crippen molar-refractivity contribution in [1.29, 1.82) is 0 Å². The lowest BCUT2D eigenvalue weighted by Crippen LogP contribution is -2.43. The number of anilines is 2. The standard InChI is InChI=1S/C32H32N4O4/c1-21-19-22(2)35-32(34-21)40-30(31(38)39-3)29-25-14-8-10-16-27(25)36(28(37)20-33-29)26-15-9-7-13-24(26)18-17-23-11-5-4-6-12-23/h4-16,19,29-30,33H,17-18,20H2,1-3H3/t29-,30-/m0/s1. The number of fused-ring (bicyclic) bond motifs is 1. The highest BCUT2D eigenvalue weighted by molar-refractivity contribution is 6.04. The average molecular weight is 537 g/mol. The molecule has 0 bridgehead atoms. The first-order valence-corrected chi connectivity index (χ1v) is 13.3. The third-order valence-electron chi connectivity index (χ3n) is 6.92. The zero-order valence-corrected chi connectivity index (χ0v) is 22.8. The molecular formula is C32H32N4O4. The number of amides is 1. The summed E-state index contributed by atoms with van der Waals surface area (Å²) >= 11 is 0. The number of para-hydroxylation sites is 2. The number of methoxy groups -OCH3 is 1. The van der Waals surface area contributed by atoms with E-state index in [2.05, 4.69) is 33.5 Å². The Morgan fingerprint density at radius 3 is 2.30 bits per heavy atom. The molecule has 40 heavy (non-hydrogen) atoms. The van der Waals surface area contributed by atoms with Crippen LogP contribution in [0.5, 0.6) is 6.01 Å². The number of esters is 1. The molecule has 0 radical (unpaired) electrons. The molecule has 8 heteroatoms. The van der Waals surface area contributed by atoms with Gasteiger partial charge in [0, 0.05) is 11.4 Å². The van der Waals surface area contributed by atoms with Gasteiger partial charge in [-0.05, 0) is 61.6 Å². The van der Waals surface area contributed by atoms with Gasteiger partial charge in [0.2, 0.25) is 12.0 Å². The summed E-state index contributed by atoms with van der Waals surface area (Å²) in [5, 5.41) is 3.26. The number of ether oxygens (including phenoxy) is 2. The zero-order valence-electron chi connectivity index (χ0n) is 22.8. The SMILES string of the molecule is COC(=O)[C@@H](Oc1nc(C)cc(C)n1)[C@H]1NCC(=O)N(c2ccccc2CCc2ccccc2)c2ccccc21. The number of aromatic nitrogens is 2. The van der Waals surface area contributed by atoms with E-state index in [1.165, 1.54) is 12.7 Å². The molecule has 0 fully saturated rings. The predicted molar refractivity (Wildman–Crippen MR) is 153 cm³/mol. The van der Waals surface area contributed by atoms with E-state index in [0.717, 1.165) is 29.7 Å². The molecule has 1 aliphatic heterocycles. The summed E-state index contributed by atoms with van der Waals surface area (Å²) in [6.07, 6.45) is 0.478. The number of hydrogen-bond donors (Lipinski definition) is 1. The van der Waals surface area contributed by atoms with E-state index in [1.54, 1.807) is 4.90 Å². The van der Waals surface area contributed by atoms with Gasteiger partial charge in [0.05, 0.1) is 31.1 Å². The Balaban J connectivity index is 1.53. The Morgan fingerprint density at radius 2 is 1.57 bits per heavy atom. The monoisotopic (exact) mass is 536 g/mol. The van der Waals surface area contributed by atoms with Crippen molar-refractivity contribution in [3.05, 3.63) is 113 Å². The molecule has 0 aliphatic carbocycles. The first-order valence-electron chi connectivity index (χ1n) is 13.3. The normalized spacial score (nSPS) is 15.6. The quantitative estimate of drug-likeness (QED) is 0.323. The number of rotatable bonds is 8. The van der Waals surface area contributed by atoms with Gasteiger partial charge in [-0.25, -0.2) is 14.8 Å². The van der Waals surface area contributed by atoms with Gasteiger partial charge in [0.1, 0.15) is 0 Å². The van der Waals surface area contributed by atoms with E-state index in [0.29, 0.717) is 17.1 Å². The molecule has 1 N–H and O–H groups in total. The van der Waals surface area contributed by atoms with Gasteiger partial charge in [-0.3, -0.25) is 15.0 Å². The number of hydrogen-bond acceptors (Lipinski definition) is 7. The fraction of sp³-hybridized carbons (Fsp3) is 0.250. The molecule has 2 heterocycles. The number of aryl methyl sites for hydroxylation is 4. The molecule has 1 aromatic heterocycles. The summed E-state index contributed by atoms with van der Waals surface area (Å²) in [7, 11) is 1.31. The molecule has 0 spiro atoms. The number of carbonyl (C=O) groups excluding carboxylic acids is 2. The molecule has 2 atom stereocenters. The first kappa shape index (κ1) is 27.0. The molecule has 0 saturated carbocycles. The summed E-state index contributed by atoms with van der Waals surface area (Å²) in [6, 6.07) is 27.0. The molecule has 3 aromatic carbocycles. The van der Waals surface area contributed by atoms with Crippen LogP contribution in [0.25, 0.3) is 0 Å². The van der Waals surface area contributed by atoms with Gasteiger partial charge in [-0.15, -0.1) is 0 Å². The predicted octanol–water partition coefficient (Wildman–Crippen LogP) is 4.81. The van der Waals surface area contributed by atoms with Crippen LogP contribution in [0.4, 0.5) is 11.4 Å². The van der Waals surface area contributed by atoms with Gasteiger partial charge in [0.15, 0.2) is 0 Å². The van der Waals surface area contributed by atoms with Crippen LogP contribution in [0, 0.1) is 13.8 Å². The van der Waals surface area contributed by atoms with Gasteiger partial charge >= 0.3 is 12.0 Å². The van der Waals surface area contributed by atoms with Crippen molar-refractivity contribution in [2.24, 2.45) is 0 Å². The van der Waals surface area contributed by atoms with Crippen molar-refractivity contribution in [2.45, 2.75) is 38.8 Å². The molecule has 204 valence electrons. The largest absolute Gasteiger partial charge is 0.466 e. The lowest BCUT2D eigenvalue weighted by molar-refractivity contribution is -0.150. The van der Waals surface area contributed by atoms with Crippen molar-refractivity contribution in [3.8, 4) is 6.01 Å². The Hall–Kier alpha value is -4.56. The minimum Gasteiger partial charge on any atom is -0.466 e. The van der Waals surface area contributed by atoms with Crippen molar-refractivity contribution in [2.75, 3.05) is 18.6 Å². The molecule has 8 nitrogen and oxygen atoms in total. The maximum Gasteiger partial charge on any atom is 0.349 e. The molecule has 0 unspecified atom stereocenters. The molecule has 5 rings (SSSR count). The Morgan fingerprint density at radius 1 is 0.925 bits per heavy atom. The summed E-state index contributed by atoms with van der Waals surface area (Å²) < 4.78 is 11.2. The van der Waals surface area contributed by atoms with Crippen LogP contribution in [0.15, 0.2) is 84.9 Å². The van der Waals surface area contributed by atoms with Gasteiger partial charge in [-0.2, -0.15) is 0 Å². The van der Waals surface area contributed by atoms with E-state index >= 15 is 0 Å². The third kappa shape index (κ3) is 5.87. The lowest BCUT2D eigenvalue weighted by atomic mass is 9.98. The molecule has 4 aromatic rings. The topological polar surface area (TPSA) is 93.6 Å². The number of carbonyl (C=O) groups is 2. The minimum atomic E-state index is -1.13. The highest BCUT2D eigenvalue weighted by Gasteiger charge is 2.39. The fourth-order valence-electron chi connectivity index (χ4n) is 5.10. The second-order valence-electron chi connectivity index (χ2n) is 9.76. The van der Waals surface area contributed by atoms with Crippen LogP contribution in [-0.2, 0) is 27.2 Å². The first-order chi connectivity index (χ1) is 19.4. The molecular weight excluding hydrogens is 504 g/mol. The summed E-state index contributed by atoms with van der Waals surface area (Å²) in [5.74, 6) is -0.743. The van der Waals surface area contributed by atoms with Gasteiger partial charge in [-0.1, -0.05) is 66.7 Å². The number of benzene rings is 3. The molecule has 0 saturated heterocycles. The number of nitrogens with zero attached hydrogens (tertiary/aromatic N) is 3. The lowest BCUT2D eigenvalue weighted by Gasteiger charge is -2.28. The highest BCUT2D eigenvalue weighted by atomic mass is 16.6. The van der Waals surface area contributed by atoms with Crippen LogP contribution < -0.4 is 15.0 Å². The van der Waals surface area contributed by atoms with E-state index in [9.17, 15) is 9.59 Å². The van der Waals surface area contributed by atoms with Crippen LogP contribution in [0.2, 0.25) is 0 Å². The highest BCUT2D eigenvalue weighted by Crippen LogP contribution is 2.38. The van der Waals surface area contributed by atoms with Crippen molar-refractivity contribution < 1.29 is 19.1 Å². The van der Waals surface area contributed by atoms with Gasteiger partial charge < -0.3 is 9.47 Å². The van der Waals surface area contributed by atoms with Gasteiger partial charge in [0.25, 0.3) is 0 Å². The van der Waals surface area contributed by atoms with Crippen LogP contribution in [-0.4, -0.2) is 41.6 Å². The van der Waals surface area contributed by atoms with Crippen LogP contribution in [0.3, 0.4) is 0 Å². The molecule has 1 aliphatic rings. The summed E-state index contributed by atoms with van der Waals surface area (Å²) in [6.45, 7) is 3.65. The van der Waals surface area contributed by atoms with E-state index in [1.807, 2.05) is 80.6 Å². The van der Waals surface area contributed by atoms with Crippen molar-refractivity contribution >= 4 is 23.3 Å². The van der Waals surface area contributed by atoms with Crippen molar-refractivity contribution in [1.82, 2.24) is 15.3 Å². The second-order valence-corrected chi connectivity index (χ2v) is 9.76. The summed E-state index contributed by atoms with van der Waals surface area (Å²) in [5.41, 5.74) is 5.93. The zero-order chi connectivity index (χ0) is 28.1. The van der Waals surface area contributed by atoms with Crippen molar-refractivity contribution in [3.63, 3.8) is 0 Å². The maximum absolute atomic E-state index is 13.7. The Labute approximate surface area is 234 Å². The van der Waals surface area contributed by atoms with Crippen LogP contribution in [0.1, 0.15) is 34.1 Å². The smallest absolute Gasteiger partial charge is 0.349 e. The summed E-state index contributed by atoms with van der Waals surface area (Å²) in [4.78, 5) is 37.3. The van der Waals surface area contributed by atoms with E-state index in [-0.39, 0.29) is 18.5 Å². The Kier molecular flexibility index (Phi) is 8.17. The number of nitrogens with one attached hydrogen (secondary N) is 1. The average Bonchev–Trinajstić information content (AvgIpc) is 3.10.